The van der Waals surface area contributed by atoms with Gasteiger partial charge >= 0.3 is 5.97 Å². The van der Waals surface area contributed by atoms with Crippen molar-refractivity contribution in [2.24, 2.45) is 0 Å². The molecule has 1 rings (SSSR count). The molecule has 0 amide bonds. The molecule has 20 heavy (non-hydrogen) atoms. The number of aliphatic carboxylic acids is 2. The summed E-state index contributed by atoms with van der Waals surface area (Å²) in [6.45, 7) is 3.93. The first-order valence-corrected chi connectivity index (χ1v) is 6.17. The molecular weight excluding hydrogens is 260 g/mol. The summed E-state index contributed by atoms with van der Waals surface area (Å²) >= 11 is 0. The van der Waals surface area contributed by atoms with Crippen LogP contribution in [0.15, 0.2) is 36.6 Å². The van der Waals surface area contributed by atoms with Gasteiger partial charge in [0.05, 0.1) is 21.1 Å². The molecule has 0 saturated heterocycles. The number of carboxylic acids is 2. The Kier molecular flexibility index (Phi) is 4.39. The highest BCUT2D eigenvalue weighted by Crippen LogP contribution is 2.30. The van der Waals surface area contributed by atoms with Gasteiger partial charge < -0.3 is 24.4 Å². The summed E-state index contributed by atoms with van der Waals surface area (Å²) in [7, 11) is 4.91. The third kappa shape index (κ3) is 2.75. The van der Waals surface area contributed by atoms with Crippen molar-refractivity contribution in [3.05, 3.63) is 36.6 Å². The Labute approximate surface area is 118 Å². The molecule has 0 aromatic heterocycles. The molecular formula is C14H20N2O4. The number of rotatable bonds is 6. The molecule has 1 aliphatic heterocycles. The highest BCUT2D eigenvalue weighted by molar-refractivity contribution is 5.82. The van der Waals surface area contributed by atoms with E-state index in [0.717, 1.165) is 5.57 Å². The Morgan fingerprint density at radius 2 is 2.15 bits per heavy atom. The average Bonchev–Trinajstić information content (AvgIpc) is 2.34. The van der Waals surface area contributed by atoms with Crippen LogP contribution < -0.4 is 5.11 Å². The molecule has 0 saturated carbocycles. The first kappa shape index (κ1) is 16.0. The molecule has 0 spiro atoms. The number of carboxylic acid groups (broad SMARTS) is 2. The van der Waals surface area contributed by atoms with Gasteiger partial charge in [0.15, 0.2) is 0 Å². The standard InChI is InChI=1S/C14H20N2O4/c1-5-11-6-8-15(9-7-11)14(13(19)20,10-12(17)18)16(2,3)4/h5-8H,1,9-10H2,2-4H3,(H-,17,18,19,20). The second kappa shape index (κ2) is 5.50. The van der Waals surface area contributed by atoms with Crippen LogP contribution in [0.5, 0.6) is 0 Å². The summed E-state index contributed by atoms with van der Waals surface area (Å²) in [5, 5.41) is 20.9. The normalized spacial score (nSPS) is 18.1. The van der Waals surface area contributed by atoms with Gasteiger partial charge in [0.1, 0.15) is 12.4 Å². The lowest BCUT2D eigenvalue weighted by molar-refractivity contribution is -0.928. The zero-order chi connectivity index (χ0) is 15.6. The monoisotopic (exact) mass is 280 g/mol. The molecule has 0 aromatic rings. The lowest BCUT2D eigenvalue weighted by atomic mass is 9.98. The minimum absolute atomic E-state index is 0.0940. The van der Waals surface area contributed by atoms with E-state index in [1.165, 1.54) is 4.90 Å². The fourth-order valence-electron chi connectivity index (χ4n) is 2.33. The van der Waals surface area contributed by atoms with E-state index in [1.54, 1.807) is 45.6 Å². The van der Waals surface area contributed by atoms with E-state index < -0.39 is 24.0 Å². The predicted molar refractivity (Wildman–Crippen MR) is 72.1 cm³/mol. The Bertz CT molecular complexity index is 488. The summed E-state index contributed by atoms with van der Waals surface area (Å²) in [5.74, 6) is -2.60. The van der Waals surface area contributed by atoms with Gasteiger partial charge in [-0.15, -0.1) is 0 Å². The largest absolute Gasteiger partial charge is 0.542 e. The van der Waals surface area contributed by atoms with Crippen molar-refractivity contribution in [2.75, 3.05) is 27.7 Å². The molecule has 110 valence electrons. The molecule has 1 unspecified atom stereocenters. The smallest absolute Gasteiger partial charge is 0.312 e. The topological polar surface area (TPSA) is 80.7 Å². The van der Waals surface area contributed by atoms with Gasteiger partial charge in [-0.25, -0.2) is 0 Å². The zero-order valence-electron chi connectivity index (χ0n) is 12.0. The number of nitrogens with zero attached hydrogens (tertiary/aromatic N) is 2. The van der Waals surface area contributed by atoms with Crippen LogP contribution >= 0.6 is 0 Å². The number of quaternary nitrogens is 1. The quantitative estimate of drug-likeness (QED) is 0.667. The van der Waals surface area contributed by atoms with Crippen LogP contribution in [0.3, 0.4) is 0 Å². The van der Waals surface area contributed by atoms with E-state index in [-0.39, 0.29) is 11.0 Å². The van der Waals surface area contributed by atoms with E-state index >= 15 is 0 Å². The second-order valence-corrected chi connectivity index (χ2v) is 5.56. The summed E-state index contributed by atoms with van der Waals surface area (Å²) in [6.07, 6.45) is 6.17. The predicted octanol–water partition coefficient (Wildman–Crippen LogP) is -0.445. The van der Waals surface area contributed by atoms with E-state index in [2.05, 4.69) is 6.58 Å². The van der Waals surface area contributed by atoms with Crippen LogP contribution in [0.1, 0.15) is 6.42 Å². The maximum Gasteiger partial charge on any atom is 0.312 e. The maximum atomic E-state index is 11.7. The number of likely N-dealkylation sites (N-methyl/N-ethyl adjacent to an activating group) is 1. The first-order valence-electron chi connectivity index (χ1n) is 6.17. The van der Waals surface area contributed by atoms with Gasteiger partial charge in [-0.1, -0.05) is 18.7 Å². The van der Waals surface area contributed by atoms with Gasteiger partial charge in [0, 0.05) is 12.7 Å². The fourth-order valence-corrected chi connectivity index (χ4v) is 2.33. The van der Waals surface area contributed by atoms with E-state index in [1.807, 2.05) is 0 Å². The Hall–Kier alpha value is -2.08. The summed E-state index contributed by atoms with van der Waals surface area (Å²) in [6, 6.07) is 0. The van der Waals surface area contributed by atoms with Gasteiger partial charge in [0.25, 0.3) is 0 Å². The van der Waals surface area contributed by atoms with Gasteiger partial charge in [-0.05, 0) is 11.6 Å². The molecule has 0 bridgehead atoms. The SMILES string of the molecule is C=CC1=CCN(C(CC(=O)O)(C(=O)[O-])[N+](C)(C)C)C=C1. The number of carbonyl (C=O) groups is 2. The van der Waals surface area contributed by atoms with Crippen molar-refractivity contribution in [3.63, 3.8) is 0 Å². The van der Waals surface area contributed by atoms with Gasteiger partial charge in [-0.3, -0.25) is 4.79 Å². The molecule has 0 aromatic carbocycles. The number of carbonyl (C=O) groups excluding carboxylic acids is 1. The third-order valence-corrected chi connectivity index (χ3v) is 3.52. The van der Waals surface area contributed by atoms with Crippen molar-refractivity contribution in [1.29, 1.82) is 0 Å². The van der Waals surface area contributed by atoms with Gasteiger partial charge in [-0.2, -0.15) is 0 Å². The van der Waals surface area contributed by atoms with Crippen LogP contribution in [0, 0.1) is 0 Å². The van der Waals surface area contributed by atoms with Crippen LogP contribution in [0.2, 0.25) is 0 Å². The zero-order valence-corrected chi connectivity index (χ0v) is 12.0. The highest BCUT2D eigenvalue weighted by atomic mass is 16.4. The molecule has 1 N–H and O–H groups in total. The molecule has 1 heterocycles. The molecule has 6 nitrogen and oxygen atoms in total. The van der Waals surface area contributed by atoms with Crippen molar-refractivity contribution < 1.29 is 24.3 Å². The molecule has 0 radical (unpaired) electrons. The molecule has 6 heteroatoms. The second-order valence-electron chi connectivity index (χ2n) is 5.56. The summed E-state index contributed by atoms with van der Waals surface area (Å²) in [4.78, 5) is 24.4. The highest BCUT2D eigenvalue weighted by Gasteiger charge is 2.51. The van der Waals surface area contributed by atoms with Crippen LogP contribution in [-0.2, 0) is 9.59 Å². The van der Waals surface area contributed by atoms with E-state index in [4.69, 9.17) is 5.11 Å². The van der Waals surface area contributed by atoms with Crippen LogP contribution in [0.25, 0.3) is 0 Å². The maximum absolute atomic E-state index is 11.7. The van der Waals surface area contributed by atoms with Crippen molar-refractivity contribution in [2.45, 2.75) is 12.1 Å². The summed E-state index contributed by atoms with van der Waals surface area (Å²) in [5.41, 5.74) is -0.809. The van der Waals surface area contributed by atoms with E-state index in [0.29, 0.717) is 0 Å². The first-order chi connectivity index (χ1) is 9.15. The van der Waals surface area contributed by atoms with Gasteiger partial charge in [0.2, 0.25) is 5.66 Å². The molecule has 1 aliphatic rings. The molecule has 0 fully saturated rings. The fraction of sp³-hybridized carbons (Fsp3) is 0.429. The van der Waals surface area contributed by atoms with Crippen molar-refractivity contribution in [1.82, 2.24) is 4.90 Å². The van der Waals surface area contributed by atoms with Crippen LogP contribution in [0.4, 0.5) is 0 Å². The number of hydrogen-bond donors (Lipinski definition) is 1. The lowest BCUT2D eigenvalue weighted by Gasteiger charge is -2.51. The van der Waals surface area contributed by atoms with Crippen LogP contribution in [-0.4, -0.2) is 59.8 Å². The third-order valence-electron chi connectivity index (χ3n) is 3.52. The molecule has 0 aliphatic carbocycles. The average molecular weight is 280 g/mol. The van der Waals surface area contributed by atoms with Crippen molar-refractivity contribution >= 4 is 11.9 Å². The van der Waals surface area contributed by atoms with E-state index in [9.17, 15) is 14.7 Å². The Morgan fingerprint density at radius 1 is 1.55 bits per heavy atom. The minimum Gasteiger partial charge on any atom is -0.542 e. The Balaban J connectivity index is 3.28. The van der Waals surface area contributed by atoms with Crippen molar-refractivity contribution in [3.8, 4) is 0 Å². The lowest BCUT2D eigenvalue weighted by Crippen LogP contribution is -2.73. The minimum atomic E-state index is -1.68. The molecule has 1 atom stereocenters. The number of allylic oxidation sites excluding steroid dienone is 3. The summed E-state index contributed by atoms with van der Waals surface area (Å²) < 4.78 is -0.0940. The number of hydrogen-bond acceptors (Lipinski definition) is 4. The Morgan fingerprint density at radius 3 is 2.45 bits per heavy atom.